The molecule has 3 nitrogen and oxygen atoms in total. The van der Waals surface area contributed by atoms with Gasteiger partial charge in [-0.15, -0.1) is 0 Å². The van der Waals surface area contributed by atoms with Crippen molar-refractivity contribution in [2.24, 2.45) is 5.92 Å². The molecule has 0 aliphatic heterocycles. The van der Waals surface area contributed by atoms with Crippen LogP contribution in [-0.2, 0) is 0 Å². The molecule has 1 aliphatic rings. The van der Waals surface area contributed by atoms with Gasteiger partial charge in [-0.05, 0) is 30.9 Å². The van der Waals surface area contributed by atoms with Gasteiger partial charge in [0.2, 0.25) is 0 Å². The molecule has 4 heteroatoms. The highest BCUT2D eigenvalue weighted by Gasteiger charge is 2.26. The largest absolute Gasteiger partial charge is 0.431 e. The van der Waals surface area contributed by atoms with E-state index in [1.54, 1.807) is 0 Å². The van der Waals surface area contributed by atoms with Crippen LogP contribution in [0.3, 0.4) is 0 Å². The van der Waals surface area contributed by atoms with Crippen LogP contribution in [0.15, 0.2) is 27.8 Å². The van der Waals surface area contributed by atoms with Crippen LogP contribution in [0.25, 0.3) is 11.1 Å². The molecule has 0 amide bonds. The van der Waals surface area contributed by atoms with Gasteiger partial charge in [0.1, 0.15) is 5.52 Å². The third-order valence-electron chi connectivity index (χ3n) is 4.01. The minimum Gasteiger partial charge on any atom is -0.431 e. The van der Waals surface area contributed by atoms with E-state index in [-0.39, 0.29) is 0 Å². The van der Waals surface area contributed by atoms with Crippen molar-refractivity contribution in [2.45, 2.75) is 49.5 Å². The number of oxazole rings is 1. The molecule has 1 aromatic carbocycles. The van der Waals surface area contributed by atoms with Gasteiger partial charge in [-0.2, -0.15) is 0 Å². The average molecular weight is 276 g/mol. The summed E-state index contributed by atoms with van der Waals surface area (Å²) in [6.07, 6.45) is 6.59. The maximum absolute atomic E-state index is 5.82. The molecule has 2 atom stereocenters. The molecule has 2 N–H and O–H groups in total. The van der Waals surface area contributed by atoms with Gasteiger partial charge in [0.05, 0.1) is 0 Å². The second-order valence-corrected chi connectivity index (χ2v) is 6.51. The van der Waals surface area contributed by atoms with Gasteiger partial charge in [-0.3, -0.25) is 0 Å². The van der Waals surface area contributed by atoms with Crippen LogP contribution in [0, 0.1) is 5.92 Å². The second-order valence-electron chi connectivity index (χ2n) is 5.32. The monoisotopic (exact) mass is 276 g/mol. The lowest BCUT2D eigenvalue weighted by Gasteiger charge is -2.29. The van der Waals surface area contributed by atoms with Crippen LogP contribution in [0.5, 0.6) is 0 Å². The second kappa shape index (κ2) is 5.45. The number of anilines is 1. The molecule has 3 rings (SSSR count). The fourth-order valence-electron chi connectivity index (χ4n) is 2.90. The summed E-state index contributed by atoms with van der Waals surface area (Å²) in [7, 11) is 0. The highest BCUT2D eigenvalue weighted by Crippen LogP contribution is 2.39. The smallest absolute Gasteiger partial charge is 0.257 e. The van der Waals surface area contributed by atoms with Gasteiger partial charge in [0, 0.05) is 17.0 Å². The molecular formula is C15H20N2OS. The number of hydrogen-bond acceptors (Lipinski definition) is 4. The lowest BCUT2D eigenvalue weighted by atomic mass is 9.87. The minimum atomic E-state index is 0.657. The SMILES string of the molecule is CCC1CCCCC1Sc1nc2ccc(N)cc2o1. The molecule has 0 saturated heterocycles. The molecule has 19 heavy (non-hydrogen) atoms. The molecule has 1 saturated carbocycles. The quantitative estimate of drug-likeness (QED) is 0.840. The molecule has 0 spiro atoms. The Kier molecular flexibility index (Phi) is 3.69. The number of hydrogen-bond donors (Lipinski definition) is 1. The van der Waals surface area contributed by atoms with Crippen LogP contribution in [0.2, 0.25) is 0 Å². The first-order valence-electron chi connectivity index (χ1n) is 7.09. The topological polar surface area (TPSA) is 52.0 Å². The number of rotatable bonds is 3. The first kappa shape index (κ1) is 12.9. The van der Waals surface area contributed by atoms with Gasteiger partial charge >= 0.3 is 0 Å². The van der Waals surface area contributed by atoms with E-state index in [0.717, 1.165) is 27.9 Å². The first-order chi connectivity index (χ1) is 9.26. The minimum absolute atomic E-state index is 0.657. The van der Waals surface area contributed by atoms with Crippen molar-refractivity contribution >= 4 is 28.5 Å². The molecule has 1 aromatic heterocycles. The van der Waals surface area contributed by atoms with Crippen LogP contribution in [0.4, 0.5) is 5.69 Å². The predicted octanol–water partition coefficient (Wildman–Crippen LogP) is 4.47. The fourth-order valence-corrected chi connectivity index (χ4v) is 4.25. The van der Waals surface area contributed by atoms with Crippen molar-refractivity contribution in [3.05, 3.63) is 18.2 Å². The Balaban J connectivity index is 1.80. The summed E-state index contributed by atoms with van der Waals surface area (Å²) < 4.78 is 5.82. The van der Waals surface area contributed by atoms with Crippen LogP contribution >= 0.6 is 11.8 Å². The molecule has 2 aromatic rings. The molecule has 1 heterocycles. The lowest BCUT2D eigenvalue weighted by molar-refractivity contribution is 0.358. The Morgan fingerprint density at radius 2 is 2.21 bits per heavy atom. The summed E-state index contributed by atoms with van der Waals surface area (Å²) >= 11 is 1.81. The van der Waals surface area contributed by atoms with Gasteiger partial charge in [0.25, 0.3) is 5.22 Å². The van der Waals surface area contributed by atoms with E-state index >= 15 is 0 Å². The first-order valence-corrected chi connectivity index (χ1v) is 7.97. The number of nitrogens with two attached hydrogens (primary N) is 1. The molecular weight excluding hydrogens is 256 g/mol. The highest BCUT2D eigenvalue weighted by atomic mass is 32.2. The Morgan fingerprint density at radius 1 is 1.37 bits per heavy atom. The van der Waals surface area contributed by atoms with E-state index in [1.807, 2.05) is 30.0 Å². The molecule has 1 fully saturated rings. The van der Waals surface area contributed by atoms with Gasteiger partial charge in [-0.25, -0.2) is 4.98 Å². The standard InChI is InChI=1S/C15H20N2OS/c1-2-10-5-3-4-6-14(10)19-15-17-12-8-7-11(16)9-13(12)18-15/h7-10,14H,2-6,16H2,1H3. The summed E-state index contributed by atoms with van der Waals surface area (Å²) in [5, 5.41) is 1.45. The summed E-state index contributed by atoms with van der Waals surface area (Å²) in [4.78, 5) is 4.56. The Labute approximate surface area is 118 Å². The Morgan fingerprint density at radius 3 is 3.05 bits per heavy atom. The van der Waals surface area contributed by atoms with Crippen LogP contribution in [-0.4, -0.2) is 10.2 Å². The van der Waals surface area contributed by atoms with Gasteiger partial charge < -0.3 is 10.2 Å². The highest BCUT2D eigenvalue weighted by molar-refractivity contribution is 7.99. The third kappa shape index (κ3) is 2.73. The maximum atomic E-state index is 5.82. The van der Waals surface area contributed by atoms with Crippen molar-refractivity contribution in [1.29, 1.82) is 0 Å². The molecule has 1 aliphatic carbocycles. The van der Waals surface area contributed by atoms with Crippen molar-refractivity contribution < 1.29 is 4.42 Å². The number of fused-ring (bicyclic) bond motifs is 1. The number of thioether (sulfide) groups is 1. The molecule has 102 valence electrons. The molecule has 0 radical (unpaired) electrons. The van der Waals surface area contributed by atoms with Crippen molar-refractivity contribution in [3.63, 3.8) is 0 Å². The van der Waals surface area contributed by atoms with E-state index in [2.05, 4.69) is 11.9 Å². The summed E-state index contributed by atoms with van der Waals surface area (Å²) in [6.45, 7) is 2.29. The predicted molar refractivity (Wildman–Crippen MR) is 80.3 cm³/mol. The van der Waals surface area contributed by atoms with Gasteiger partial charge in [0.15, 0.2) is 5.58 Å². The summed E-state index contributed by atoms with van der Waals surface area (Å²) in [5.41, 5.74) is 8.19. The summed E-state index contributed by atoms with van der Waals surface area (Å²) in [5.74, 6) is 0.804. The van der Waals surface area contributed by atoms with E-state index in [4.69, 9.17) is 10.2 Å². The van der Waals surface area contributed by atoms with Gasteiger partial charge in [-0.1, -0.05) is 37.9 Å². The molecule has 2 unspecified atom stereocenters. The third-order valence-corrected chi connectivity index (χ3v) is 5.31. The van der Waals surface area contributed by atoms with E-state index in [1.165, 1.54) is 32.1 Å². The normalized spacial score (nSPS) is 23.8. The lowest BCUT2D eigenvalue weighted by Crippen LogP contribution is -2.21. The maximum Gasteiger partial charge on any atom is 0.257 e. The zero-order chi connectivity index (χ0) is 13.2. The Hall–Kier alpha value is -1.16. The van der Waals surface area contributed by atoms with Crippen molar-refractivity contribution in [1.82, 2.24) is 4.98 Å². The average Bonchev–Trinajstić information content (AvgIpc) is 2.80. The number of aromatic nitrogens is 1. The van der Waals surface area contributed by atoms with Crippen LogP contribution < -0.4 is 5.73 Å². The zero-order valence-corrected chi connectivity index (χ0v) is 12.1. The van der Waals surface area contributed by atoms with Crippen molar-refractivity contribution in [3.8, 4) is 0 Å². The number of nitrogens with zero attached hydrogens (tertiary/aromatic N) is 1. The van der Waals surface area contributed by atoms with E-state index in [0.29, 0.717) is 5.25 Å². The van der Waals surface area contributed by atoms with E-state index in [9.17, 15) is 0 Å². The Bertz CT molecular complexity index is 566. The number of nitrogen functional groups attached to an aromatic ring is 1. The van der Waals surface area contributed by atoms with Crippen molar-refractivity contribution in [2.75, 3.05) is 5.73 Å². The zero-order valence-electron chi connectivity index (χ0n) is 11.3. The molecule has 0 bridgehead atoms. The summed E-state index contributed by atoms with van der Waals surface area (Å²) in [6, 6.07) is 5.65. The van der Waals surface area contributed by atoms with E-state index < -0.39 is 0 Å². The number of benzene rings is 1. The van der Waals surface area contributed by atoms with Crippen LogP contribution in [0.1, 0.15) is 39.0 Å². The fraction of sp³-hybridized carbons (Fsp3) is 0.533.